The average molecular weight is 374 g/mol. The number of anilines is 2. The molecule has 2 saturated carbocycles. The molecule has 27 heavy (non-hydrogen) atoms. The standard InChI is InChI=1S/C20H31N5O2/c1-3-20(26)10-4-5-16(11-20)23-18-14(12-21)13-22-19(25-18)24-15-6-8-17(27-2)9-7-15/h13,15-17,26H,3-11H2,1-2H3,(H2,22,23,24,25)/t15?,16-,17?,20+/m1/s1. The van der Waals surface area contributed by atoms with Crippen molar-refractivity contribution in [1.29, 1.82) is 5.26 Å². The Morgan fingerprint density at radius 2 is 2.04 bits per heavy atom. The topological polar surface area (TPSA) is 103 Å². The van der Waals surface area contributed by atoms with Crippen molar-refractivity contribution in [2.45, 2.75) is 88.5 Å². The largest absolute Gasteiger partial charge is 0.390 e. The van der Waals surface area contributed by atoms with Gasteiger partial charge in [0, 0.05) is 19.2 Å². The Kier molecular flexibility index (Phi) is 6.51. The van der Waals surface area contributed by atoms with E-state index in [2.05, 4.69) is 26.7 Å². The average Bonchev–Trinajstić information content (AvgIpc) is 2.69. The van der Waals surface area contributed by atoms with Gasteiger partial charge >= 0.3 is 0 Å². The number of methoxy groups -OCH3 is 1. The number of nitriles is 1. The van der Waals surface area contributed by atoms with Crippen LogP contribution in [-0.4, -0.2) is 46.0 Å². The Labute approximate surface area is 161 Å². The molecule has 0 amide bonds. The van der Waals surface area contributed by atoms with Gasteiger partial charge in [-0.3, -0.25) is 0 Å². The van der Waals surface area contributed by atoms with Gasteiger partial charge in [0.05, 0.1) is 17.9 Å². The first-order chi connectivity index (χ1) is 13.0. The van der Waals surface area contributed by atoms with Crippen molar-refractivity contribution in [3.05, 3.63) is 11.8 Å². The molecule has 3 N–H and O–H groups in total. The number of nitrogens with one attached hydrogen (secondary N) is 2. The molecule has 0 unspecified atom stereocenters. The third-order valence-corrected chi connectivity index (χ3v) is 6.07. The summed E-state index contributed by atoms with van der Waals surface area (Å²) in [5.74, 6) is 1.12. The van der Waals surface area contributed by atoms with Crippen molar-refractivity contribution in [3.8, 4) is 6.07 Å². The number of nitrogens with zero attached hydrogens (tertiary/aromatic N) is 3. The van der Waals surface area contributed by atoms with Crippen LogP contribution in [-0.2, 0) is 4.74 Å². The molecule has 2 aliphatic carbocycles. The van der Waals surface area contributed by atoms with Gasteiger partial charge in [0.15, 0.2) is 0 Å². The normalized spacial score (nSPS) is 31.1. The van der Waals surface area contributed by atoms with Crippen molar-refractivity contribution >= 4 is 11.8 Å². The molecule has 0 saturated heterocycles. The van der Waals surface area contributed by atoms with Crippen LogP contribution in [0.25, 0.3) is 0 Å². The molecular formula is C20H31N5O2. The van der Waals surface area contributed by atoms with E-state index in [1.807, 2.05) is 6.92 Å². The zero-order valence-electron chi connectivity index (χ0n) is 16.4. The highest BCUT2D eigenvalue weighted by molar-refractivity contribution is 5.54. The molecule has 0 spiro atoms. The van der Waals surface area contributed by atoms with Crippen LogP contribution >= 0.6 is 0 Å². The predicted octanol–water partition coefficient (Wildman–Crippen LogP) is 3.21. The van der Waals surface area contributed by atoms with Crippen LogP contribution in [0.1, 0.15) is 70.3 Å². The summed E-state index contributed by atoms with van der Waals surface area (Å²) in [5, 5.41) is 26.8. The summed E-state index contributed by atoms with van der Waals surface area (Å²) in [6.07, 6.45) is 10.3. The maximum absolute atomic E-state index is 10.6. The lowest BCUT2D eigenvalue weighted by Gasteiger charge is -2.36. The lowest BCUT2D eigenvalue weighted by molar-refractivity contribution is -0.00327. The van der Waals surface area contributed by atoms with Gasteiger partial charge in [-0.2, -0.15) is 10.2 Å². The van der Waals surface area contributed by atoms with Gasteiger partial charge in [0.2, 0.25) is 5.95 Å². The number of aromatic nitrogens is 2. The summed E-state index contributed by atoms with van der Waals surface area (Å²) in [5.41, 5.74) is -0.175. The van der Waals surface area contributed by atoms with Crippen LogP contribution in [0.2, 0.25) is 0 Å². The summed E-state index contributed by atoms with van der Waals surface area (Å²) in [7, 11) is 1.77. The monoisotopic (exact) mass is 373 g/mol. The van der Waals surface area contributed by atoms with Crippen molar-refractivity contribution in [1.82, 2.24) is 9.97 Å². The van der Waals surface area contributed by atoms with Gasteiger partial charge in [-0.15, -0.1) is 0 Å². The van der Waals surface area contributed by atoms with Gasteiger partial charge in [0.25, 0.3) is 0 Å². The van der Waals surface area contributed by atoms with Gasteiger partial charge in [-0.05, 0) is 57.8 Å². The van der Waals surface area contributed by atoms with Crippen LogP contribution < -0.4 is 10.6 Å². The second-order valence-electron chi connectivity index (χ2n) is 7.94. The summed E-state index contributed by atoms with van der Waals surface area (Å²) in [6, 6.07) is 2.62. The second-order valence-corrected chi connectivity index (χ2v) is 7.94. The highest BCUT2D eigenvalue weighted by Crippen LogP contribution is 2.33. The Hall–Kier alpha value is -1.91. The molecule has 0 aliphatic heterocycles. The Bertz CT molecular complexity index is 669. The van der Waals surface area contributed by atoms with E-state index in [9.17, 15) is 10.4 Å². The molecule has 7 nitrogen and oxygen atoms in total. The first kappa shape index (κ1) is 19.8. The van der Waals surface area contributed by atoms with Crippen molar-refractivity contribution < 1.29 is 9.84 Å². The second kappa shape index (κ2) is 8.85. The van der Waals surface area contributed by atoms with E-state index in [1.165, 1.54) is 0 Å². The van der Waals surface area contributed by atoms with Gasteiger partial charge < -0.3 is 20.5 Å². The minimum Gasteiger partial charge on any atom is -0.390 e. The van der Waals surface area contributed by atoms with E-state index < -0.39 is 5.60 Å². The van der Waals surface area contributed by atoms with Crippen molar-refractivity contribution in [3.63, 3.8) is 0 Å². The molecule has 1 aromatic rings. The third-order valence-electron chi connectivity index (χ3n) is 6.07. The molecule has 0 aromatic carbocycles. The minimum absolute atomic E-state index is 0.121. The minimum atomic E-state index is -0.614. The molecule has 0 radical (unpaired) electrons. The predicted molar refractivity (Wildman–Crippen MR) is 105 cm³/mol. The summed E-state index contributed by atoms with van der Waals surface area (Å²) in [6.45, 7) is 2.02. The van der Waals surface area contributed by atoms with Crippen molar-refractivity contribution in [2.75, 3.05) is 17.7 Å². The van der Waals surface area contributed by atoms with E-state index in [0.29, 0.717) is 35.9 Å². The van der Waals surface area contributed by atoms with Crippen LogP contribution in [0, 0.1) is 11.3 Å². The fraction of sp³-hybridized carbons (Fsp3) is 0.750. The van der Waals surface area contributed by atoms with Crippen LogP contribution in [0.3, 0.4) is 0 Å². The third kappa shape index (κ3) is 5.08. The molecule has 1 heterocycles. The first-order valence-corrected chi connectivity index (χ1v) is 10.1. The number of hydrogen-bond acceptors (Lipinski definition) is 7. The smallest absolute Gasteiger partial charge is 0.224 e. The number of rotatable bonds is 6. The highest BCUT2D eigenvalue weighted by Gasteiger charge is 2.33. The zero-order valence-corrected chi connectivity index (χ0v) is 16.4. The fourth-order valence-corrected chi connectivity index (χ4v) is 4.25. The van der Waals surface area contributed by atoms with Gasteiger partial charge in [-0.1, -0.05) is 6.92 Å². The maximum atomic E-state index is 10.6. The summed E-state index contributed by atoms with van der Waals surface area (Å²) < 4.78 is 5.42. The molecular weight excluding hydrogens is 342 g/mol. The molecule has 2 atom stereocenters. The van der Waals surface area contributed by atoms with Crippen LogP contribution in [0.15, 0.2) is 6.20 Å². The van der Waals surface area contributed by atoms with E-state index in [-0.39, 0.29) is 6.04 Å². The lowest BCUT2D eigenvalue weighted by Crippen LogP contribution is -2.40. The Balaban J connectivity index is 1.66. The van der Waals surface area contributed by atoms with E-state index in [1.54, 1.807) is 13.3 Å². The number of ether oxygens (including phenoxy) is 1. The zero-order chi connectivity index (χ0) is 19.3. The SMILES string of the molecule is CC[C@]1(O)CCC[C@@H](Nc2nc(NC3CCC(OC)CC3)ncc2C#N)C1. The summed E-state index contributed by atoms with van der Waals surface area (Å²) in [4.78, 5) is 8.89. The fourth-order valence-electron chi connectivity index (χ4n) is 4.25. The van der Waals surface area contributed by atoms with E-state index in [4.69, 9.17) is 4.74 Å². The maximum Gasteiger partial charge on any atom is 0.224 e. The number of aliphatic hydroxyl groups is 1. The number of hydrogen-bond donors (Lipinski definition) is 3. The van der Waals surface area contributed by atoms with Crippen LogP contribution in [0.5, 0.6) is 0 Å². The quantitative estimate of drug-likeness (QED) is 0.703. The highest BCUT2D eigenvalue weighted by atomic mass is 16.5. The molecule has 2 fully saturated rings. The molecule has 7 heteroatoms. The molecule has 0 bridgehead atoms. The molecule has 148 valence electrons. The van der Waals surface area contributed by atoms with Crippen LogP contribution in [0.4, 0.5) is 11.8 Å². The Morgan fingerprint density at radius 3 is 2.70 bits per heavy atom. The summed E-state index contributed by atoms with van der Waals surface area (Å²) >= 11 is 0. The molecule has 1 aromatic heterocycles. The van der Waals surface area contributed by atoms with Crippen molar-refractivity contribution in [2.24, 2.45) is 0 Å². The van der Waals surface area contributed by atoms with E-state index >= 15 is 0 Å². The first-order valence-electron chi connectivity index (χ1n) is 10.1. The van der Waals surface area contributed by atoms with Gasteiger partial charge in [-0.25, -0.2) is 4.98 Å². The molecule has 2 aliphatic rings. The van der Waals surface area contributed by atoms with Gasteiger partial charge in [0.1, 0.15) is 17.5 Å². The Morgan fingerprint density at radius 1 is 1.26 bits per heavy atom. The van der Waals surface area contributed by atoms with E-state index in [0.717, 1.165) is 51.4 Å². The molecule has 3 rings (SSSR count). The lowest BCUT2D eigenvalue weighted by atomic mass is 9.80.